The molecule has 4 nitrogen and oxygen atoms in total. The van der Waals surface area contributed by atoms with Crippen molar-refractivity contribution in [1.29, 1.82) is 0 Å². The van der Waals surface area contributed by atoms with Crippen LogP contribution in [0.15, 0.2) is 28.7 Å². The fraction of sp³-hybridized carbons (Fsp3) is 0.375. The highest BCUT2D eigenvalue weighted by atomic mass is 79.9. The van der Waals surface area contributed by atoms with E-state index in [2.05, 4.69) is 20.8 Å². The van der Waals surface area contributed by atoms with Crippen molar-refractivity contribution in [3.63, 3.8) is 0 Å². The van der Waals surface area contributed by atoms with Gasteiger partial charge in [-0.25, -0.2) is 4.98 Å². The highest BCUT2D eigenvalue weighted by Gasteiger charge is 2.21. The molecule has 0 spiro atoms. The number of pyridine rings is 1. The van der Waals surface area contributed by atoms with Crippen LogP contribution in [0, 0.1) is 0 Å². The molecule has 0 radical (unpaired) electrons. The second-order valence-electron chi connectivity index (χ2n) is 5.35. The molecule has 1 aliphatic heterocycles. The largest absolute Gasteiger partial charge is 0.353 e. The van der Waals surface area contributed by atoms with E-state index < -0.39 is 0 Å². The number of amides is 1. The molecule has 3 rings (SSSR count). The van der Waals surface area contributed by atoms with Crippen LogP contribution in [0.5, 0.6) is 0 Å². The van der Waals surface area contributed by atoms with Crippen LogP contribution in [-0.2, 0) is 4.79 Å². The Morgan fingerprint density at radius 3 is 2.68 bits per heavy atom. The molecule has 116 valence electrons. The smallest absolute Gasteiger partial charge is 0.222 e. The first-order valence-electron chi connectivity index (χ1n) is 7.37. The van der Waals surface area contributed by atoms with Gasteiger partial charge in [0.15, 0.2) is 0 Å². The summed E-state index contributed by atoms with van der Waals surface area (Å²) in [6, 6.07) is 7.93. The van der Waals surface area contributed by atoms with Gasteiger partial charge in [0, 0.05) is 42.5 Å². The van der Waals surface area contributed by atoms with Gasteiger partial charge in [-0.2, -0.15) is 0 Å². The topological polar surface area (TPSA) is 36.4 Å². The van der Waals surface area contributed by atoms with E-state index >= 15 is 0 Å². The average Bonchev–Trinajstić information content (AvgIpc) is 2.54. The predicted octanol–water partition coefficient (Wildman–Crippen LogP) is 3.71. The van der Waals surface area contributed by atoms with Crippen LogP contribution in [-0.4, -0.2) is 42.0 Å². The van der Waals surface area contributed by atoms with Crippen molar-refractivity contribution >= 4 is 50.2 Å². The normalized spacial score (nSPS) is 15.4. The van der Waals surface area contributed by atoms with Gasteiger partial charge in [-0.1, -0.05) is 34.5 Å². The Hall–Kier alpha value is -1.33. The molecular weight excluding hydrogens is 366 g/mol. The maximum Gasteiger partial charge on any atom is 0.222 e. The maximum atomic E-state index is 11.7. The fourth-order valence-electron chi connectivity index (χ4n) is 2.73. The van der Waals surface area contributed by atoms with Crippen LogP contribution in [0.3, 0.4) is 0 Å². The zero-order chi connectivity index (χ0) is 15.7. The Labute approximate surface area is 143 Å². The first-order chi connectivity index (χ1) is 10.6. The van der Waals surface area contributed by atoms with Crippen LogP contribution in [0.2, 0.25) is 5.02 Å². The molecule has 1 aromatic carbocycles. The quantitative estimate of drug-likeness (QED) is 0.794. The minimum atomic E-state index is 0.221. The molecule has 1 aromatic heterocycles. The standard InChI is InChI=1S/C16H17BrClN3O/c1-2-15(22)21-7-5-20(6-8-21)14-4-3-11-9-12(17)10-13(18)16(11)19-14/h3-4,9-10H,2,5-8H2,1H3. The number of carbonyl (C=O) groups excluding carboxylic acids is 1. The minimum Gasteiger partial charge on any atom is -0.353 e. The number of anilines is 1. The zero-order valence-corrected chi connectivity index (χ0v) is 14.7. The van der Waals surface area contributed by atoms with Gasteiger partial charge in [-0.05, 0) is 24.3 Å². The summed E-state index contributed by atoms with van der Waals surface area (Å²) in [4.78, 5) is 20.6. The zero-order valence-electron chi connectivity index (χ0n) is 12.4. The van der Waals surface area contributed by atoms with Crippen molar-refractivity contribution in [1.82, 2.24) is 9.88 Å². The van der Waals surface area contributed by atoms with Crippen LogP contribution in [0.4, 0.5) is 5.82 Å². The molecule has 1 saturated heterocycles. The summed E-state index contributed by atoms with van der Waals surface area (Å²) >= 11 is 9.74. The van der Waals surface area contributed by atoms with E-state index in [1.807, 2.05) is 36.1 Å². The Balaban J connectivity index is 1.82. The lowest BCUT2D eigenvalue weighted by molar-refractivity contribution is -0.131. The van der Waals surface area contributed by atoms with Gasteiger partial charge in [0.2, 0.25) is 5.91 Å². The lowest BCUT2D eigenvalue weighted by Crippen LogP contribution is -2.48. The molecule has 0 aliphatic carbocycles. The third-order valence-electron chi connectivity index (χ3n) is 3.95. The SMILES string of the molecule is CCC(=O)N1CCN(c2ccc3cc(Br)cc(Cl)c3n2)CC1. The van der Waals surface area contributed by atoms with Gasteiger partial charge in [0.25, 0.3) is 0 Å². The highest BCUT2D eigenvalue weighted by molar-refractivity contribution is 9.10. The molecule has 1 amide bonds. The van der Waals surface area contributed by atoms with Crippen LogP contribution in [0.1, 0.15) is 13.3 Å². The number of piperazine rings is 1. The Morgan fingerprint density at radius 2 is 2.00 bits per heavy atom. The first-order valence-corrected chi connectivity index (χ1v) is 8.54. The maximum absolute atomic E-state index is 11.7. The number of rotatable bonds is 2. The molecule has 0 bridgehead atoms. The van der Waals surface area contributed by atoms with Gasteiger partial charge >= 0.3 is 0 Å². The van der Waals surface area contributed by atoms with Crippen LogP contribution in [0.25, 0.3) is 10.9 Å². The van der Waals surface area contributed by atoms with E-state index in [9.17, 15) is 4.79 Å². The summed E-state index contributed by atoms with van der Waals surface area (Å²) in [5, 5.41) is 1.66. The number of hydrogen-bond donors (Lipinski definition) is 0. The summed E-state index contributed by atoms with van der Waals surface area (Å²) in [6.45, 7) is 5.01. The third-order valence-corrected chi connectivity index (χ3v) is 4.70. The summed E-state index contributed by atoms with van der Waals surface area (Å²) in [6.07, 6.45) is 0.568. The Morgan fingerprint density at radius 1 is 1.27 bits per heavy atom. The van der Waals surface area contributed by atoms with Gasteiger partial charge < -0.3 is 9.80 Å². The summed E-state index contributed by atoms with van der Waals surface area (Å²) in [5.74, 6) is 1.14. The van der Waals surface area contributed by atoms with Crippen molar-refractivity contribution in [3.05, 3.63) is 33.8 Å². The lowest BCUT2D eigenvalue weighted by Gasteiger charge is -2.35. The molecule has 0 saturated carbocycles. The van der Waals surface area contributed by atoms with Crippen molar-refractivity contribution < 1.29 is 4.79 Å². The molecule has 2 aromatic rings. The monoisotopic (exact) mass is 381 g/mol. The van der Waals surface area contributed by atoms with E-state index in [4.69, 9.17) is 16.6 Å². The molecule has 0 N–H and O–H groups in total. The van der Waals surface area contributed by atoms with Crippen molar-refractivity contribution in [2.24, 2.45) is 0 Å². The molecular formula is C16H17BrClN3O. The number of fused-ring (bicyclic) bond motifs is 1. The van der Waals surface area contributed by atoms with E-state index in [1.54, 1.807) is 0 Å². The molecule has 0 atom stereocenters. The second-order valence-corrected chi connectivity index (χ2v) is 6.67. The molecule has 1 aliphatic rings. The molecule has 0 unspecified atom stereocenters. The average molecular weight is 383 g/mol. The van der Waals surface area contributed by atoms with Crippen molar-refractivity contribution in [2.75, 3.05) is 31.1 Å². The van der Waals surface area contributed by atoms with Crippen molar-refractivity contribution in [3.8, 4) is 0 Å². The number of aromatic nitrogens is 1. The summed E-state index contributed by atoms with van der Waals surface area (Å²) in [5.41, 5.74) is 0.814. The number of carbonyl (C=O) groups is 1. The molecule has 6 heteroatoms. The first kappa shape index (κ1) is 15.6. The molecule has 22 heavy (non-hydrogen) atoms. The number of benzene rings is 1. The number of hydrogen-bond acceptors (Lipinski definition) is 3. The van der Waals surface area contributed by atoms with Crippen molar-refractivity contribution in [2.45, 2.75) is 13.3 Å². The van der Waals surface area contributed by atoms with Gasteiger partial charge in [0.1, 0.15) is 5.82 Å². The van der Waals surface area contributed by atoms with E-state index in [-0.39, 0.29) is 5.91 Å². The van der Waals surface area contributed by atoms with Gasteiger partial charge in [0.05, 0.1) is 10.5 Å². The lowest BCUT2D eigenvalue weighted by atomic mass is 10.2. The summed E-state index contributed by atoms with van der Waals surface area (Å²) in [7, 11) is 0. The predicted molar refractivity (Wildman–Crippen MR) is 93.5 cm³/mol. The molecule has 2 heterocycles. The number of halogens is 2. The Bertz CT molecular complexity index is 714. The third kappa shape index (κ3) is 3.06. The van der Waals surface area contributed by atoms with Gasteiger partial charge in [-0.3, -0.25) is 4.79 Å². The van der Waals surface area contributed by atoms with Crippen LogP contribution < -0.4 is 4.90 Å². The van der Waals surface area contributed by atoms with Gasteiger partial charge in [-0.15, -0.1) is 0 Å². The summed E-state index contributed by atoms with van der Waals surface area (Å²) < 4.78 is 0.950. The minimum absolute atomic E-state index is 0.221. The van der Waals surface area contributed by atoms with Crippen LogP contribution >= 0.6 is 27.5 Å². The number of nitrogens with zero attached hydrogens (tertiary/aromatic N) is 3. The Kier molecular flexibility index (Phi) is 4.54. The second kappa shape index (κ2) is 6.42. The highest BCUT2D eigenvalue weighted by Crippen LogP contribution is 2.29. The van der Waals surface area contributed by atoms with E-state index in [1.165, 1.54) is 0 Å². The van der Waals surface area contributed by atoms with E-state index in [0.717, 1.165) is 47.4 Å². The fourth-order valence-corrected chi connectivity index (χ4v) is 3.61. The van der Waals surface area contributed by atoms with E-state index in [0.29, 0.717) is 11.4 Å². The molecule has 1 fully saturated rings.